The number of fused-ring (bicyclic) bond motifs is 1. The van der Waals surface area contributed by atoms with Gasteiger partial charge in [-0.2, -0.15) is 0 Å². The van der Waals surface area contributed by atoms with Gasteiger partial charge in [0.05, 0.1) is 11.2 Å². The van der Waals surface area contributed by atoms with E-state index in [2.05, 4.69) is 43.9 Å². The summed E-state index contributed by atoms with van der Waals surface area (Å²) in [4.78, 5) is 22.6. The Morgan fingerprint density at radius 2 is 1.85 bits per heavy atom. The Balaban J connectivity index is 0.00000193. The molecule has 1 N–H and O–H groups in total. The SMILES string of the molecule is CCN(CC)CC1CCN(c2ncc3ncnc(Nc4ccc(F)c(Cl)c4)c3n2)CC1.[Cl-].[Cl-]. The molecule has 0 radical (unpaired) electrons. The van der Waals surface area contributed by atoms with E-state index < -0.39 is 5.82 Å². The topological polar surface area (TPSA) is 70.1 Å². The molecule has 33 heavy (non-hydrogen) atoms. The number of halogens is 4. The molecule has 4 rings (SSSR count). The third-order valence-corrected chi connectivity index (χ3v) is 6.14. The van der Waals surface area contributed by atoms with Gasteiger partial charge >= 0.3 is 0 Å². The standard InChI is InChI=1S/C22H27ClFN7.2ClH/c1-3-30(4-2)13-15-7-9-31(10-8-15)22-25-12-19-20(29-22)21(27-14-26-19)28-16-5-6-18(24)17(23)11-16;;/h5-6,11-12,14-15H,3-4,7-10,13H2,1-2H3,(H,26,27,28);2*1H/p-2. The molecular formula is C22H27Cl3FN7-2. The van der Waals surface area contributed by atoms with Gasteiger partial charge in [-0.05, 0) is 50.0 Å². The van der Waals surface area contributed by atoms with Crippen LogP contribution in [0.4, 0.5) is 21.8 Å². The first-order valence-electron chi connectivity index (χ1n) is 10.7. The van der Waals surface area contributed by atoms with E-state index >= 15 is 0 Å². The maximum atomic E-state index is 13.5. The molecule has 0 atom stereocenters. The maximum Gasteiger partial charge on any atom is 0.226 e. The predicted molar refractivity (Wildman–Crippen MR) is 123 cm³/mol. The molecule has 1 aromatic carbocycles. The number of anilines is 3. The molecule has 0 aliphatic carbocycles. The number of benzene rings is 1. The summed E-state index contributed by atoms with van der Waals surface area (Å²) in [5.41, 5.74) is 1.90. The van der Waals surface area contributed by atoms with Gasteiger partial charge in [-0.25, -0.2) is 24.3 Å². The molecule has 0 amide bonds. The number of hydrogen-bond donors (Lipinski definition) is 1. The lowest BCUT2D eigenvalue weighted by atomic mass is 9.96. The summed E-state index contributed by atoms with van der Waals surface area (Å²) in [5, 5.41) is 3.22. The second-order valence-electron chi connectivity index (χ2n) is 7.80. The highest BCUT2D eigenvalue weighted by Gasteiger charge is 2.23. The first-order chi connectivity index (χ1) is 15.1. The van der Waals surface area contributed by atoms with Crippen molar-refractivity contribution < 1.29 is 29.2 Å². The van der Waals surface area contributed by atoms with Crippen LogP contribution in [-0.2, 0) is 0 Å². The molecule has 3 aromatic rings. The van der Waals surface area contributed by atoms with Crippen LogP contribution >= 0.6 is 11.6 Å². The molecule has 3 heterocycles. The van der Waals surface area contributed by atoms with E-state index in [4.69, 9.17) is 16.6 Å². The summed E-state index contributed by atoms with van der Waals surface area (Å²) in [5.74, 6) is 1.46. The summed E-state index contributed by atoms with van der Waals surface area (Å²) < 4.78 is 13.5. The fourth-order valence-electron chi connectivity index (χ4n) is 3.96. The minimum atomic E-state index is -0.464. The molecule has 1 aliphatic rings. The van der Waals surface area contributed by atoms with Crippen molar-refractivity contribution in [1.82, 2.24) is 24.8 Å². The predicted octanol–water partition coefficient (Wildman–Crippen LogP) is -1.48. The molecule has 0 unspecified atom stereocenters. The van der Waals surface area contributed by atoms with Gasteiger partial charge in [0.15, 0.2) is 5.82 Å². The van der Waals surface area contributed by atoms with Crippen molar-refractivity contribution in [2.24, 2.45) is 5.92 Å². The number of piperidine rings is 1. The Morgan fingerprint density at radius 1 is 1.12 bits per heavy atom. The van der Waals surface area contributed by atoms with Crippen molar-refractivity contribution in [1.29, 1.82) is 0 Å². The largest absolute Gasteiger partial charge is 1.00 e. The highest BCUT2D eigenvalue weighted by Crippen LogP contribution is 2.27. The molecule has 0 bridgehead atoms. The Morgan fingerprint density at radius 3 is 2.52 bits per heavy atom. The van der Waals surface area contributed by atoms with Gasteiger partial charge in [0, 0.05) is 25.3 Å². The fourth-order valence-corrected chi connectivity index (χ4v) is 4.14. The maximum absolute atomic E-state index is 13.5. The van der Waals surface area contributed by atoms with E-state index in [0.29, 0.717) is 34.4 Å². The van der Waals surface area contributed by atoms with Crippen molar-refractivity contribution in [3.8, 4) is 0 Å². The first kappa shape index (κ1) is 27.2. The molecule has 11 heteroatoms. The van der Waals surface area contributed by atoms with Crippen molar-refractivity contribution >= 4 is 40.1 Å². The van der Waals surface area contributed by atoms with Crippen LogP contribution in [0.5, 0.6) is 0 Å². The fraction of sp³-hybridized carbons (Fsp3) is 0.455. The van der Waals surface area contributed by atoms with Crippen LogP contribution in [0, 0.1) is 11.7 Å². The van der Waals surface area contributed by atoms with E-state index in [1.54, 1.807) is 12.3 Å². The van der Waals surface area contributed by atoms with Gasteiger partial charge in [-0.1, -0.05) is 25.4 Å². The van der Waals surface area contributed by atoms with Gasteiger partial charge < -0.3 is 39.9 Å². The molecule has 1 saturated heterocycles. The Kier molecular flexibility index (Phi) is 10.3. The van der Waals surface area contributed by atoms with Crippen LogP contribution < -0.4 is 35.0 Å². The zero-order chi connectivity index (χ0) is 21.8. The lowest BCUT2D eigenvalue weighted by molar-refractivity contribution is -0.001000. The third kappa shape index (κ3) is 6.53. The first-order valence-corrected chi connectivity index (χ1v) is 11.1. The highest BCUT2D eigenvalue weighted by atomic mass is 35.5. The molecule has 2 aromatic heterocycles. The summed E-state index contributed by atoms with van der Waals surface area (Å²) in [7, 11) is 0. The van der Waals surface area contributed by atoms with Gasteiger partial charge in [-0.3, -0.25) is 0 Å². The van der Waals surface area contributed by atoms with E-state index in [1.807, 2.05) is 0 Å². The Hall–Kier alpha value is -2.00. The lowest BCUT2D eigenvalue weighted by Crippen LogP contribution is -3.00. The van der Waals surface area contributed by atoms with E-state index in [1.165, 1.54) is 18.5 Å². The van der Waals surface area contributed by atoms with Crippen LogP contribution in [0.25, 0.3) is 11.0 Å². The monoisotopic (exact) mass is 513 g/mol. The van der Waals surface area contributed by atoms with Crippen LogP contribution in [0.3, 0.4) is 0 Å². The zero-order valence-electron chi connectivity index (χ0n) is 18.6. The van der Waals surface area contributed by atoms with Crippen molar-refractivity contribution in [2.75, 3.05) is 42.9 Å². The average Bonchev–Trinajstić information content (AvgIpc) is 2.80. The van der Waals surface area contributed by atoms with Crippen molar-refractivity contribution in [3.05, 3.63) is 41.6 Å². The Labute approximate surface area is 211 Å². The second-order valence-corrected chi connectivity index (χ2v) is 8.20. The Bertz CT molecular complexity index is 1040. The summed E-state index contributed by atoms with van der Waals surface area (Å²) >= 11 is 5.90. The van der Waals surface area contributed by atoms with Crippen LogP contribution in [0.1, 0.15) is 26.7 Å². The van der Waals surface area contributed by atoms with Crippen LogP contribution in [0.2, 0.25) is 5.02 Å². The number of hydrogen-bond acceptors (Lipinski definition) is 7. The molecular weight excluding hydrogens is 488 g/mol. The van der Waals surface area contributed by atoms with E-state index in [-0.39, 0.29) is 29.8 Å². The van der Waals surface area contributed by atoms with Crippen LogP contribution in [-0.4, -0.2) is 57.6 Å². The van der Waals surface area contributed by atoms with E-state index in [0.717, 1.165) is 45.6 Å². The normalized spacial score (nSPS) is 14.2. The van der Waals surface area contributed by atoms with Crippen molar-refractivity contribution in [3.63, 3.8) is 0 Å². The van der Waals surface area contributed by atoms with Gasteiger partial charge in [0.2, 0.25) is 5.95 Å². The number of rotatable bonds is 7. The zero-order valence-corrected chi connectivity index (χ0v) is 20.9. The summed E-state index contributed by atoms with van der Waals surface area (Å²) in [6.07, 6.45) is 5.44. The average molecular weight is 515 g/mol. The van der Waals surface area contributed by atoms with Crippen LogP contribution in [0.15, 0.2) is 30.7 Å². The smallest absolute Gasteiger partial charge is 0.226 e. The van der Waals surface area contributed by atoms with Crippen molar-refractivity contribution in [2.45, 2.75) is 26.7 Å². The number of nitrogens with one attached hydrogen (secondary N) is 1. The summed E-state index contributed by atoms with van der Waals surface area (Å²) in [6, 6.07) is 4.45. The summed E-state index contributed by atoms with van der Waals surface area (Å²) in [6.45, 7) is 9.65. The van der Waals surface area contributed by atoms with Gasteiger partial charge in [0.1, 0.15) is 23.2 Å². The quantitative estimate of drug-likeness (QED) is 0.413. The molecule has 0 spiro atoms. The third-order valence-electron chi connectivity index (χ3n) is 5.86. The minimum Gasteiger partial charge on any atom is -1.00 e. The molecule has 1 fully saturated rings. The van der Waals surface area contributed by atoms with E-state index in [9.17, 15) is 4.39 Å². The highest BCUT2D eigenvalue weighted by molar-refractivity contribution is 6.31. The molecule has 1 aliphatic heterocycles. The molecule has 0 saturated carbocycles. The number of aromatic nitrogens is 4. The lowest BCUT2D eigenvalue weighted by Gasteiger charge is -2.34. The molecule has 7 nitrogen and oxygen atoms in total. The van der Waals surface area contributed by atoms with Gasteiger partial charge in [0.25, 0.3) is 0 Å². The minimum absolute atomic E-state index is 0. The van der Waals surface area contributed by atoms with Gasteiger partial charge in [-0.15, -0.1) is 0 Å². The molecule has 180 valence electrons. The number of nitrogens with zero attached hydrogens (tertiary/aromatic N) is 6. The second kappa shape index (κ2) is 12.5.